The molecule has 40 heavy (non-hydrogen) atoms. The molecule has 4 aromatic rings. The molecule has 0 aliphatic heterocycles. The molecule has 0 fully saturated rings. The van der Waals surface area contributed by atoms with E-state index in [0.29, 0.717) is 22.9 Å². The maximum absolute atomic E-state index is 15.5. The van der Waals surface area contributed by atoms with Gasteiger partial charge < -0.3 is 0 Å². The minimum atomic E-state index is -1.85. The van der Waals surface area contributed by atoms with Crippen molar-refractivity contribution in [2.45, 2.75) is 90.9 Å². The highest BCUT2D eigenvalue weighted by Gasteiger charge is 2.33. The number of hydrogen-bond donors (Lipinski definition) is 0. The Bertz CT molecular complexity index is 1360. The van der Waals surface area contributed by atoms with Gasteiger partial charge in [0.1, 0.15) is 21.6 Å². The average Bonchev–Trinajstić information content (AvgIpc) is 3.59. The van der Waals surface area contributed by atoms with E-state index in [0.717, 1.165) is 86.9 Å². The van der Waals surface area contributed by atoms with E-state index in [2.05, 4.69) is 34.2 Å². The second-order valence-corrected chi connectivity index (χ2v) is 11.8. The van der Waals surface area contributed by atoms with Crippen LogP contribution in [0.4, 0.5) is 26.3 Å². The molecule has 0 bridgehead atoms. The molecule has 0 unspecified atom stereocenters. The highest BCUT2D eigenvalue weighted by molar-refractivity contribution is 7.15. The number of rotatable bonds is 14. The zero-order chi connectivity index (χ0) is 28.8. The fraction of sp³-hybridized carbons (Fsp3) is 0.500. The predicted molar refractivity (Wildman–Crippen MR) is 146 cm³/mol. The van der Waals surface area contributed by atoms with Crippen molar-refractivity contribution in [2.24, 2.45) is 0 Å². The molecule has 0 N–H and O–H groups in total. The summed E-state index contributed by atoms with van der Waals surface area (Å²) in [6.45, 7) is 4.18. The Hall–Kier alpha value is -2.60. The fourth-order valence-corrected chi connectivity index (χ4v) is 6.39. The molecule has 4 nitrogen and oxygen atoms in total. The van der Waals surface area contributed by atoms with Crippen LogP contribution in [-0.2, 0) is 12.8 Å². The topological polar surface area (TPSA) is 51.6 Å². The molecule has 0 spiro atoms. The van der Waals surface area contributed by atoms with Gasteiger partial charge in [-0.2, -0.15) is 0 Å². The molecule has 0 amide bonds. The highest BCUT2D eigenvalue weighted by atomic mass is 32.1. The number of nitrogens with zero attached hydrogens (tertiary/aromatic N) is 4. The van der Waals surface area contributed by atoms with Gasteiger partial charge in [-0.1, -0.05) is 87.9 Å². The van der Waals surface area contributed by atoms with E-state index in [1.165, 1.54) is 0 Å². The minimum absolute atomic E-state index is 0.337. The number of benzene rings is 2. The molecule has 2 heterocycles. The summed E-state index contributed by atoms with van der Waals surface area (Å²) < 4.78 is 91.9. The van der Waals surface area contributed by atoms with E-state index in [4.69, 9.17) is 0 Å². The number of halogens is 6. The van der Waals surface area contributed by atoms with E-state index in [1.54, 1.807) is 0 Å². The van der Waals surface area contributed by atoms with Crippen LogP contribution in [0.2, 0.25) is 0 Å². The standard InChI is InChI=1S/C28H30F6N4S2/c1-3-5-7-9-11-13-15-35-37-27(39-15)19-21(29)17-18(23(31)25(19)33)22(30)20(26(34)24(17)32)28-38-36-16(40-28)14-12-10-8-6-4-2/h3-14H2,1-2H3. The van der Waals surface area contributed by atoms with Gasteiger partial charge >= 0.3 is 0 Å². The molecule has 2 aromatic carbocycles. The first-order valence-electron chi connectivity index (χ1n) is 13.6. The maximum Gasteiger partial charge on any atom is 0.172 e. The molecular formula is C28H30F6N4S2. The van der Waals surface area contributed by atoms with Gasteiger partial charge in [-0.05, 0) is 12.8 Å². The molecule has 0 aliphatic carbocycles. The summed E-state index contributed by atoms with van der Waals surface area (Å²) in [5, 5.41) is 12.9. The lowest BCUT2D eigenvalue weighted by atomic mass is 10.00. The third-order valence-electron chi connectivity index (χ3n) is 6.74. The van der Waals surface area contributed by atoms with Crippen LogP contribution in [-0.4, -0.2) is 20.4 Å². The summed E-state index contributed by atoms with van der Waals surface area (Å²) in [4.78, 5) is 0. The summed E-state index contributed by atoms with van der Waals surface area (Å²) in [6.07, 6.45) is 10.9. The SMILES string of the molecule is CCCCCCCc1nnc(-c2c(F)c(F)c3c(F)c(-c4nnc(CCCCCCC)s4)c(F)c(F)c3c2F)s1. The van der Waals surface area contributed by atoms with Crippen LogP contribution in [0.1, 0.15) is 88.1 Å². The summed E-state index contributed by atoms with van der Waals surface area (Å²) in [5.41, 5.74) is -2.02. The molecule has 0 aliphatic rings. The molecule has 0 radical (unpaired) electrons. The first-order chi connectivity index (χ1) is 19.3. The normalized spacial score (nSPS) is 11.7. The first-order valence-corrected chi connectivity index (χ1v) is 15.2. The first kappa shape index (κ1) is 30.4. The lowest BCUT2D eigenvalue weighted by Crippen LogP contribution is -2.05. The van der Waals surface area contributed by atoms with Crippen molar-refractivity contribution in [2.75, 3.05) is 0 Å². The Kier molecular flexibility index (Phi) is 10.5. The van der Waals surface area contributed by atoms with Crippen molar-refractivity contribution in [1.82, 2.24) is 20.4 Å². The van der Waals surface area contributed by atoms with E-state index < -0.39 is 56.8 Å². The van der Waals surface area contributed by atoms with E-state index in [9.17, 15) is 0 Å². The van der Waals surface area contributed by atoms with Crippen molar-refractivity contribution in [3.05, 3.63) is 44.9 Å². The van der Waals surface area contributed by atoms with Gasteiger partial charge in [0, 0.05) is 12.8 Å². The van der Waals surface area contributed by atoms with E-state index in [-0.39, 0.29) is 10.0 Å². The molecule has 4 rings (SSSR count). The van der Waals surface area contributed by atoms with E-state index >= 15 is 26.3 Å². The van der Waals surface area contributed by atoms with Crippen LogP contribution >= 0.6 is 22.7 Å². The zero-order valence-electron chi connectivity index (χ0n) is 22.4. The lowest BCUT2D eigenvalue weighted by molar-refractivity contribution is 0.486. The van der Waals surface area contributed by atoms with Gasteiger partial charge in [0.25, 0.3) is 0 Å². The highest BCUT2D eigenvalue weighted by Crippen LogP contribution is 2.42. The molecule has 0 saturated carbocycles. The van der Waals surface area contributed by atoms with Crippen molar-refractivity contribution >= 4 is 33.4 Å². The monoisotopic (exact) mass is 600 g/mol. The Labute approximate surface area is 236 Å². The number of fused-ring (bicyclic) bond motifs is 1. The van der Waals surface area contributed by atoms with Gasteiger partial charge in [0.2, 0.25) is 0 Å². The van der Waals surface area contributed by atoms with Crippen LogP contribution < -0.4 is 0 Å². The predicted octanol–water partition coefficient (Wildman–Crippen LogP) is 9.74. The summed E-state index contributed by atoms with van der Waals surface area (Å²) in [5.74, 6) is -10.5. The summed E-state index contributed by atoms with van der Waals surface area (Å²) >= 11 is 1.66. The largest absolute Gasteiger partial charge is 0.205 e. The molecule has 12 heteroatoms. The fourth-order valence-electron chi connectivity index (χ4n) is 4.56. The van der Waals surface area contributed by atoms with Gasteiger partial charge in [-0.15, -0.1) is 20.4 Å². The lowest BCUT2D eigenvalue weighted by Gasteiger charge is -2.12. The molecule has 0 saturated heterocycles. The summed E-state index contributed by atoms with van der Waals surface area (Å²) in [6, 6.07) is 0. The number of aromatic nitrogens is 4. The van der Waals surface area contributed by atoms with Crippen molar-refractivity contribution in [3.8, 4) is 21.1 Å². The quantitative estimate of drug-likeness (QED) is 0.0821. The van der Waals surface area contributed by atoms with Gasteiger partial charge in [0.05, 0.1) is 21.9 Å². The molecular weight excluding hydrogens is 570 g/mol. The third kappa shape index (κ3) is 6.32. The second kappa shape index (κ2) is 13.8. The van der Waals surface area contributed by atoms with Crippen LogP contribution in [0.3, 0.4) is 0 Å². The van der Waals surface area contributed by atoms with Crippen LogP contribution in [0.15, 0.2) is 0 Å². The Balaban J connectivity index is 1.68. The van der Waals surface area contributed by atoms with Crippen molar-refractivity contribution < 1.29 is 26.3 Å². The molecule has 216 valence electrons. The van der Waals surface area contributed by atoms with Gasteiger partial charge in [-0.25, -0.2) is 26.3 Å². The third-order valence-corrected chi connectivity index (χ3v) is 8.74. The van der Waals surface area contributed by atoms with Crippen LogP contribution in [0.25, 0.3) is 31.9 Å². The van der Waals surface area contributed by atoms with Crippen LogP contribution in [0, 0.1) is 34.9 Å². The number of hydrogen-bond acceptors (Lipinski definition) is 6. The van der Waals surface area contributed by atoms with Gasteiger partial charge in [0.15, 0.2) is 33.3 Å². The molecule has 2 aromatic heterocycles. The smallest absolute Gasteiger partial charge is 0.172 e. The van der Waals surface area contributed by atoms with Gasteiger partial charge in [-0.3, -0.25) is 0 Å². The van der Waals surface area contributed by atoms with Crippen LogP contribution in [0.5, 0.6) is 0 Å². The summed E-state index contributed by atoms with van der Waals surface area (Å²) in [7, 11) is 0. The molecule has 0 atom stereocenters. The number of unbranched alkanes of at least 4 members (excludes halogenated alkanes) is 8. The second-order valence-electron chi connectivity index (χ2n) is 9.71. The van der Waals surface area contributed by atoms with Crippen molar-refractivity contribution in [1.29, 1.82) is 0 Å². The van der Waals surface area contributed by atoms with E-state index in [1.807, 2.05) is 0 Å². The average molecular weight is 601 g/mol. The number of aryl methyl sites for hydroxylation is 2. The zero-order valence-corrected chi connectivity index (χ0v) is 24.0. The Morgan fingerprint density at radius 3 is 1.20 bits per heavy atom. The Morgan fingerprint density at radius 1 is 0.450 bits per heavy atom. The maximum atomic E-state index is 15.5. The Morgan fingerprint density at radius 2 is 0.825 bits per heavy atom. The minimum Gasteiger partial charge on any atom is -0.205 e. The van der Waals surface area contributed by atoms with Crippen molar-refractivity contribution in [3.63, 3.8) is 0 Å².